The number of carboxylic acids is 1. The molecule has 104 valence electrons. The van der Waals surface area contributed by atoms with Crippen LogP contribution in [0.4, 0.5) is 0 Å². The van der Waals surface area contributed by atoms with Gasteiger partial charge in [-0.2, -0.15) is 0 Å². The Kier molecular flexibility index (Phi) is 3.46. The van der Waals surface area contributed by atoms with Gasteiger partial charge in [0.15, 0.2) is 9.84 Å². The summed E-state index contributed by atoms with van der Waals surface area (Å²) in [6, 6.07) is 7.99. The van der Waals surface area contributed by atoms with Crippen LogP contribution in [0.3, 0.4) is 0 Å². The summed E-state index contributed by atoms with van der Waals surface area (Å²) in [7, 11) is -3.31. The van der Waals surface area contributed by atoms with Crippen molar-refractivity contribution in [3.63, 3.8) is 0 Å². The van der Waals surface area contributed by atoms with E-state index in [2.05, 4.69) is 0 Å². The van der Waals surface area contributed by atoms with Crippen LogP contribution in [0.1, 0.15) is 10.4 Å². The fraction of sp³-hybridized carbons (Fsp3) is 0.0769. The van der Waals surface area contributed by atoms with Crippen molar-refractivity contribution < 1.29 is 18.3 Å². The molecule has 1 heterocycles. The van der Waals surface area contributed by atoms with Crippen molar-refractivity contribution in [3.05, 3.63) is 58.5 Å². The summed E-state index contributed by atoms with van der Waals surface area (Å²) in [6.45, 7) is 0. The normalized spacial score (nSPS) is 11.2. The fourth-order valence-electron chi connectivity index (χ4n) is 1.67. The van der Waals surface area contributed by atoms with E-state index in [1.807, 2.05) is 0 Å². The Morgan fingerprint density at radius 3 is 2.20 bits per heavy atom. The van der Waals surface area contributed by atoms with Gasteiger partial charge in [-0.3, -0.25) is 9.36 Å². The third kappa shape index (κ3) is 2.77. The van der Waals surface area contributed by atoms with Crippen LogP contribution in [0.5, 0.6) is 0 Å². The molecule has 20 heavy (non-hydrogen) atoms. The van der Waals surface area contributed by atoms with Gasteiger partial charge in [0.1, 0.15) is 0 Å². The maximum atomic E-state index is 11.7. The van der Waals surface area contributed by atoms with Gasteiger partial charge in [-0.15, -0.1) is 0 Å². The van der Waals surface area contributed by atoms with Gasteiger partial charge in [0.05, 0.1) is 10.5 Å². The summed E-state index contributed by atoms with van der Waals surface area (Å²) >= 11 is 0. The molecule has 0 aliphatic rings. The van der Waals surface area contributed by atoms with E-state index in [4.69, 9.17) is 5.11 Å². The van der Waals surface area contributed by atoms with E-state index in [0.29, 0.717) is 5.69 Å². The zero-order valence-electron chi connectivity index (χ0n) is 10.5. The van der Waals surface area contributed by atoms with Crippen molar-refractivity contribution in [2.24, 2.45) is 0 Å². The molecule has 0 spiro atoms. The number of carbonyl (C=O) groups is 1. The van der Waals surface area contributed by atoms with Gasteiger partial charge in [-0.25, -0.2) is 13.2 Å². The molecule has 7 heteroatoms. The lowest BCUT2D eigenvalue weighted by molar-refractivity contribution is 0.0696. The van der Waals surface area contributed by atoms with Crippen molar-refractivity contribution in [2.75, 3.05) is 6.26 Å². The maximum Gasteiger partial charge on any atom is 0.337 e. The molecule has 0 aliphatic heterocycles. The molecule has 0 saturated heterocycles. The molecular weight excluding hydrogens is 282 g/mol. The second-order valence-corrected chi connectivity index (χ2v) is 6.21. The molecule has 0 radical (unpaired) electrons. The number of hydrogen-bond donors (Lipinski definition) is 1. The number of nitrogens with zero attached hydrogens (tertiary/aromatic N) is 1. The van der Waals surface area contributed by atoms with E-state index in [1.165, 1.54) is 36.5 Å². The highest BCUT2D eigenvalue weighted by Gasteiger charge is 2.09. The lowest BCUT2D eigenvalue weighted by Crippen LogP contribution is -2.18. The van der Waals surface area contributed by atoms with Gasteiger partial charge in [0, 0.05) is 24.2 Å². The highest BCUT2D eigenvalue weighted by molar-refractivity contribution is 7.90. The third-order valence-electron chi connectivity index (χ3n) is 2.70. The molecule has 1 aromatic carbocycles. The van der Waals surface area contributed by atoms with Gasteiger partial charge in [-0.05, 0) is 30.3 Å². The maximum absolute atomic E-state index is 11.7. The smallest absolute Gasteiger partial charge is 0.337 e. The zero-order valence-corrected chi connectivity index (χ0v) is 11.3. The van der Waals surface area contributed by atoms with Gasteiger partial charge in [0.25, 0.3) is 5.56 Å². The number of carboxylic acid groups (broad SMARTS) is 1. The lowest BCUT2D eigenvalue weighted by atomic mass is 10.2. The molecule has 2 aromatic rings. The van der Waals surface area contributed by atoms with E-state index >= 15 is 0 Å². The Labute approximate surface area is 114 Å². The Morgan fingerprint density at radius 2 is 1.70 bits per heavy atom. The van der Waals surface area contributed by atoms with Gasteiger partial charge < -0.3 is 5.11 Å². The van der Waals surface area contributed by atoms with Crippen LogP contribution in [0, 0.1) is 0 Å². The summed E-state index contributed by atoms with van der Waals surface area (Å²) in [5, 5.41) is 8.90. The SMILES string of the molecule is CS(=O)(=O)c1ccc(-n2cc(C(=O)O)ccc2=O)cc1. The number of rotatable bonds is 3. The number of pyridine rings is 1. The van der Waals surface area contributed by atoms with Gasteiger partial charge in [0.2, 0.25) is 0 Å². The van der Waals surface area contributed by atoms with Crippen molar-refractivity contribution in [2.45, 2.75) is 4.90 Å². The fourth-order valence-corrected chi connectivity index (χ4v) is 2.30. The second kappa shape index (κ2) is 4.93. The van der Waals surface area contributed by atoms with Crippen LogP contribution >= 0.6 is 0 Å². The van der Waals surface area contributed by atoms with Crippen LogP contribution in [-0.4, -0.2) is 30.3 Å². The van der Waals surface area contributed by atoms with E-state index in [0.717, 1.165) is 16.9 Å². The Balaban J connectivity index is 2.54. The predicted octanol–water partition coefficient (Wildman–Crippen LogP) is 0.939. The Bertz CT molecular complexity index is 819. The molecule has 6 nitrogen and oxygen atoms in total. The summed E-state index contributed by atoms with van der Waals surface area (Å²) in [4.78, 5) is 22.7. The quantitative estimate of drug-likeness (QED) is 0.909. The summed E-state index contributed by atoms with van der Waals surface area (Å²) < 4.78 is 23.8. The van der Waals surface area contributed by atoms with E-state index in [-0.39, 0.29) is 10.5 Å². The monoisotopic (exact) mass is 293 g/mol. The molecule has 0 unspecified atom stereocenters. The van der Waals surface area contributed by atoms with Crippen LogP contribution in [-0.2, 0) is 9.84 Å². The topological polar surface area (TPSA) is 93.4 Å². The van der Waals surface area contributed by atoms with Crippen LogP contribution in [0.2, 0.25) is 0 Å². The minimum atomic E-state index is -3.31. The largest absolute Gasteiger partial charge is 0.478 e. The number of aromatic carboxylic acids is 1. The molecule has 0 atom stereocenters. The first kappa shape index (κ1) is 14.0. The molecule has 0 aliphatic carbocycles. The first-order valence-corrected chi connectivity index (χ1v) is 7.45. The molecule has 1 aromatic heterocycles. The number of benzene rings is 1. The van der Waals surface area contributed by atoms with E-state index < -0.39 is 21.4 Å². The molecular formula is C13H11NO5S. The Hall–Kier alpha value is -2.41. The average Bonchev–Trinajstić information content (AvgIpc) is 2.38. The van der Waals surface area contributed by atoms with Gasteiger partial charge in [-0.1, -0.05) is 0 Å². The van der Waals surface area contributed by atoms with Crippen LogP contribution in [0.25, 0.3) is 5.69 Å². The number of sulfone groups is 1. The van der Waals surface area contributed by atoms with E-state index in [9.17, 15) is 18.0 Å². The molecule has 1 N–H and O–H groups in total. The van der Waals surface area contributed by atoms with Crippen molar-refractivity contribution in [1.82, 2.24) is 4.57 Å². The predicted molar refractivity (Wildman–Crippen MR) is 72.1 cm³/mol. The van der Waals surface area contributed by atoms with E-state index in [1.54, 1.807) is 0 Å². The van der Waals surface area contributed by atoms with Crippen molar-refractivity contribution in [1.29, 1.82) is 0 Å². The summed E-state index contributed by atoms with van der Waals surface area (Å²) in [5.74, 6) is -1.15. The van der Waals surface area contributed by atoms with Crippen LogP contribution in [0.15, 0.2) is 52.3 Å². The number of hydrogen-bond acceptors (Lipinski definition) is 4. The molecule has 0 bridgehead atoms. The lowest BCUT2D eigenvalue weighted by Gasteiger charge is -2.07. The minimum Gasteiger partial charge on any atom is -0.478 e. The average molecular weight is 293 g/mol. The summed E-state index contributed by atoms with van der Waals surface area (Å²) in [6.07, 6.45) is 2.28. The van der Waals surface area contributed by atoms with Gasteiger partial charge >= 0.3 is 5.97 Å². The minimum absolute atomic E-state index is 0.0308. The first-order chi connectivity index (χ1) is 9.29. The highest BCUT2D eigenvalue weighted by atomic mass is 32.2. The second-order valence-electron chi connectivity index (χ2n) is 4.20. The Morgan fingerprint density at radius 1 is 1.10 bits per heavy atom. The van der Waals surface area contributed by atoms with Crippen molar-refractivity contribution >= 4 is 15.8 Å². The number of aromatic nitrogens is 1. The molecule has 2 rings (SSSR count). The third-order valence-corrected chi connectivity index (χ3v) is 3.83. The molecule has 0 amide bonds. The zero-order chi connectivity index (χ0) is 14.9. The van der Waals surface area contributed by atoms with Crippen LogP contribution < -0.4 is 5.56 Å². The standard InChI is InChI=1S/C13H11NO5S/c1-20(18,19)11-5-3-10(4-6-11)14-8-9(13(16)17)2-7-12(14)15/h2-8H,1H3,(H,16,17). The first-order valence-electron chi connectivity index (χ1n) is 5.55. The van der Waals surface area contributed by atoms with Crippen molar-refractivity contribution in [3.8, 4) is 5.69 Å². The molecule has 0 fully saturated rings. The molecule has 0 saturated carbocycles. The summed E-state index contributed by atoms with van der Waals surface area (Å²) in [5.41, 5.74) is -0.0376. The highest BCUT2D eigenvalue weighted by Crippen LogP contribution is 2.13.